The molecule has 0 spiro atoms. The van der Waals surface area contributed by atoms with Gasteiger partial charge in [0.15, 0.2) is 0 Å². The Morgan fingerprint density at radius 2 is 1.96 bits per heavy atom. The van der Waals surface area contributed by atoms with Crippen molar-refractivity contribution >= 4 is 5.97 Å². The molecular formula is C20H26N2O2. The Bertz CT molecular complexity index is 727. The number of nitrogens with zero attached hydrogens (tertiary/aromatic N) is 2. The molecule has 0 atom stereocenters. The van der Waals surface area contributed by atoms with E-state index in [2.05, 4.69) is 38.0 Å². The van der Waals surface area contributed by atoms with Crippen molar-refractivity contribution in [1.29, 1.82) is 0 Å². The SMILES string of the molecule is CCc1cc(OC(=O)C2CCCCC2)n(-c2ccc(C)cc2C)n1. The average Bonchev–Trinajstić information content (AvgIpc) is 2.98. The zero-order chi connectivity index (χ0) is 17.1. The summed E-state index contributed by atoms with van der Waals surface area (Å²) in [5.74, 6) is 0.462. The number of benzene rings is 1. The van der Waals surface area contributed by atoms with E-state index in [1.165, 1.54) is 12.0 Å². The van der Waals surface area contributed by atoms with E-state index < -0.39 is 0 Å². The molecule has 128 valence electrons. The summed E-state index contributed by atoms with van der Waals surface area (Å²) in [7, 11) is 0. The summed E-state index contributed by atoms with van der Waals surface area (Å²) in [6.45, 7) is 6.19. The maximum atomic E-state index is 12.5. The zero-order valence-electron chi connectivity index (χ0n) is 14.8. The van der Waals surface area contributed by atoms with Gasteiger partial charge in [0.05, 0.1) is 17.3 Å². The van der Waals surface area contributed by atoms with Gasteiger partial charge in [-0.05, 0) is 44.7 Å². The summed E-state index contributed by atoms with van der Waals surface area (Å²) in [5, 5.41) is 4.63. The first-order chi connectivity index (χ1) is 11.6. The van der Waals surface area contributed by atoms with E-state index in [4.69, 9.17) is 4.74 Å². The largest absolute Gasteiger partial charge is 0.407 e. The third kappa shape index (κ3) is 3.53. The third-order valence-electron chi connectivity index (χ3n) is 4.81. The molecule has 0 radical (unpaired) electrons. The summed E-state index contributed by atoms with van der Waals surface area (Å²) in [6, 6.07) is 8.10. The van der Waals surface area contributed by atoms with Crippen LogP contribution >= 0.6 is 0 Å². The van der Waals surface area contributed by atoms with Gasteiger partial charge in [0.1, 0.15) is 0 Å². The third-order valence-corrected chi connectivity index (χ3v) is 4.81. The van der Waals surface area contributed by atoms with Gasteiger partial charge in [0, 0.05) is 6.07 Å². The fraction of sp³-hybridized carbons (Fsp3) is 0.500. The van der Waals surface area contributed by atoms with Gasteiger partial charge in [0.25, 0.3) is 0 Å². The normalized spacial score (nSPS) is 15.5. The monoisotopic (exact) mass is 326 g/mol. The van der Waals surface area contributed by atoms with Crippen LogP contribution in [0.1, 0.15) is 55.8 Å². The molecule has 0 aliphatic heterocycles. The zero-order valence-corrected chi connectivity index (χ0v) is 14.8. The number of hydrogen-bond acceptors (Lipinski definition) is 3. The minimum absolute atomic E-state index is 0.0336. The van der Waals surface area contributed by atoms with Crippen LogP contribution in [-0.2, 0) is 11.2 Å². The smallest absolute Gasteiger partial charge is 0.315 e. The van der Waals surface area contributed by atoms with Gasteiger partial charge >= 0.3 is 5.97 Å². The Labute approximate surface area is 143 Å². The van der Waals surface area contributed by atoms with Crippen molar-refractivity contribution in [1.82, 2.24) is 9.78 Å². The number of rotatable bonds is 4. The van der Waals surface area contributed by atoms with E-state index in [-0.39, 0.29) is 11.9 Å². The Balaban J connectivity index is 1.89. The van der Waals surface area contributed by atoms with Crippen LogP contribution < -0.4 is 4.74 Å². The van der Waals surface area contributed by atoms with Gasteiger partial charge in [-0.2, -0.15) is 5.10 Å². The minimum atomic E-state index is -0.108. The van der Waals surface area contributed by atoms with Crippen molar-refractivity contribution in [3.05, 3.63) is 41.1 Å². The van der Waals surface area contributed by atoms with Crippen LogP contribution in [0.15, 0.2) is 24.3 Å². The molecule has 0 unspecified atom stereocenters. The molecule has 1 aromatic carbocycles. The highest BCUT2D eigenvalue weighted by atomic mass is 16.5. The van der Waals surface area contributed by atoms with Gasteiger partial charge in [-0.15, -0.1) is 0 Å². The molecular weight excluding hydrogens is 300 g/mol. The topological polar surface area (TPSA) is 44.1 Å². The number of aromatic nitrogens is 2. The second-order valence-corrected chi connectivity index (χ2v) is 6.79. The lowest BCUT2D eigenvalue weighted by molar-refractivity contribution is -0.140. The van der Waals surface area contributed by atoms with Crippen molar-refractivity contribution < 1.29 is 9.53 Å². The Hall–Kier alpha value is -2.10. The molecule has 0 N–H and O–H groups in total. The van der Waals surface area contributed by atoms with Crippen molar-refractivity contribution in [2.75, 3.05) is 0 Å². The lowest BCUT2D eigenvalue weighted by Crippen LogP contribution is -2.23. The summed E-state index contributed by atoms with van der Waals surface area (Å²) in [5.41, 5.74) is 4.23. The summed E-state index contributed by atoms with van der Waals surface area (Å²) < 4.78 is 7.54. The molecule has 1 fully saturated rings. The van der Waals surface area contributed by atoms with E-state index in [0.717, 1.165) is 49.0 Å². The van der Waals surface area contributed by atoms with Crippen molar-refractivity contribution in [3.8, 4) is 11.6 Å². The molecule has 24 heavy (non-hydrogen) atoms. The fourth-order valence-electron chi connectivity index (χ4n) is 3.40. The molecule has 0 saturated heterocycles. The van der Waals surface area contributed by atoms with Gasteiger partial charge in [-0.1, -0.05) is 43.9 Å². The number of aryl methyl sites for hydroxylation is 3. The second kappa shape index (κ2) is 7.20. The molecule has 4 nitrogen and oxygen atoms in total. The van der Waals surface area contributed by atoms with Gasteiger partial charge < -0.3 is 4.74 Å². The van der Waals surface area contributed by atoms with E-state index >= 15 is 0 Å². The van der Waals surface area contributed by atoms with Crippen LogP contribution in [0, 0.1) is 19.8 Å². The molecule has 1 aromatic heterocycles. The van der Waals surface area contributed by atoms with Crippen LogP contribution in [0.3, 0.4) is 0 Å². The lowest BCUT2D eigenvalue weighted by atomic mass is 9.89. The van der Waals surface area contributed by atoms with Crippen molar-refractivity contribution in [2.24, 2.45) is 5.92 Å². The van der Waals surface area contributed by atoms with Crippen LogP contribution in [0.2, 0.25) is 0 Å². The first-order valence-electron chi connectivity index (χ1n) is 8.96. The second-order valence-electron chi connectivity index (χ2n) is 6.79. The Kier molecular flexibility index (Phi) is 5.03. The van der Waals surface area contributed by atoms with Gasteiger partial charge in [-0.25, -0.2) is 4.68 Å². The van der Waals surface area contributed by atoms with Crippen molar-refractivity contribution in [3.63, 3.8) is 0 Å². The first-order valence-corrected chi connectivity index (χ1v) is 8.96. The Morgan fingerprint density at radius 1 is 1.21 bits per heavy atom. The number of hydrogen-bond donors (Lipinski definition) is 0. The number of carbonyl (C=O) groups is 1. The summed E-state index contributed by atoms with van der Waals surface area (Å²) in [6.07, 6.45) is 6.16. The van der Waals surface area contributed by atoms with Crippen LogP contribution in [0.5, 0.6) is 5.88 Å². The molecule has 2 aromatic rings. The van der Waals surface area contributed by atoms with E-state index in [1.807, 2.05) is 12.1 Å². The van der Waals surface area contributed by atoms with E-state index in [9.17, 15) is 4.79 Å². The predicted molar refractivity (Wildman–Crippen MR) is 94.6 cm³/mol. The molecule has 0 amide bonds. The highest BCUT2D eigenvalue weighted by molar-refractivity contribution is 5.75. The Morgan fingerprint density at radius 3 is 2.62 bits per heavy atom. The van der Waals surface area contributed by atoms with E-state index in [0.29, 0.717) is 5.88 Å². The van der Waals surface area contributed by atoms with Gasteiger partial charge in [-0.3, -0.25) is 4.79 Å². The quantitative estimate of drug-likeness (QED) is 0.775. The summed E-state index contributed by atoms with van der Waals surface area (Å²) in [4.78, 5) is 12.5. The molecule has 3 rings (SSSR count). The highest BCUT2D eigenvalue weighted by Crippen LogP contribution is 2.28. The predicted octanol–water partition coefficient (Wildman–Crippen LogP) is 4.54. The lowest BCUT2D eigenvalue weighted by Gasteiger charge is -2.20. The highest BCUT2D eigenvalue weighted by Gasteiger charge is 2.25. The van der Waals surface area contributed by atoms with Gasteiger partial charge in [0.2, 0.25) is 5.88 Å². The fourth-order valence-corrected chi connectivity index (χ4v) is 3.40. The van der Waals surface area contributed by atoms with Crippen molar-refractivity contribution in [2.45, 2.75) is 59.3 Å². The average molecular weight is 326 g/mol. The van der Waals surface area contributed by atoms with Crippen LogP contribution in [-0.4, -0.2) is 15.7 Å². The molecule has 1 aliphatic carbocycles. The number of carbonyl (C=O) groups excluding carboxylic acids is 1. The number of esters is 1. The molecule has 1 aliphatic rings. The maximum Gasteiger partial charge on any atom is 0.315 e. The standard InChI is InChI=1S/C20H26N2O2/c1-4-17-13-19(24-20(23)16-8-6-5-7-9-16)22(21-17)18-11-10-14(2)12-15(18)3/h10-13,16H,4-9H2,1-3H3. The van der Waals surface area contributed by atoms with Crippen LogP contribution in [0.4, 0.5) is 0 Å². The molecule has 1 heterocycles. The maximum absolute atomic E-state index is 12.5. The van der Waals surface area contributed by atoms with Crippen LogP contribution in [0.25, 0.3) is 5.69 Å². The number of ether oxygens (including phenoxy) is 1. The first kappa shape index (κ1) is 16.7. The molecule has 0 bridgehead atoms. The van der Waals surface area contributed by atoms with E-state index in [1.54, 1.807) is 4.68 Å². The molecule has 1 saturated carbocycles. The minimum Gasteiger partial charge on any atom is -0.407 e. The molecule has 4 heteroatoms. The summed E-state index contributed by atoms with van der Waals surface area (Å²) >= 11 is 0.